The molecule has 3 aliphatic rings. The second-order valence-corrected chi connectivity index (χ2v) is 14.4. The van der Waals surface area contributed by atoms with Crippen molar-refractivity contribution in [3.8, 4) is 33.4 Å². The zero-order valence-corrected chi connectivity index (χ0v) is 29.6. The lowest BCUT2D eigenvalue weighted by Gasteiger charge is -2.31. The highest BCUT2D eigenvalue weighted by Crippen LogP contribution is 2.65. The Bertz CT molecular complexity index is 2790. The molecule has 0 amide bonds. The Morgan fingerprint density at radius 2 is 1.21 bits per heavy atom. The maximum absolute atomic E-state index is 7.02. The SMILES string of the molecule is C/C=C\C1=C(N)C/C(=C\C=C(/N)c2ccccc2-c2cc3c(c4ccccc24)-c2cc4ccccc4cc2C32c3ccccc3-c3ccccc32)C=C1. The van der Waals surface area contributed by atoms with Crippen molar-refractivity contribution in [2.75, 3.05) is 0 Å². The van der Waals surface area contributed by atoms with E-state index < -0.39 is 5.41 Å². The van der Waals surface area contributed by atoms with Gasteiger partial charge in [-0.25, -0.2) is 0 Å². The summed E-state index contributed by atoms with van der Waals surface area (Å²) in [5, 5.41) is 4.97. The third-order valence-electron chi connectivity index (χ3n) is 11.6. The zero-order chi connectivity index (χ0) is 35.7. The van der Waals surface area contributed by atoms with Crippen molar-refractivity contribution in [3.05, 3.63) is 221 Å². The molecule has 10 rings (SSSR count). The molecule has 0 saturated heterocycles. The number of benzene rings is 7. The van der Waals surface area contributed by atoms with Gasteiger partial charge in [-0.1, -0.05) is 152 Å². The molecule has 0 saturated carbocycles. The van der Waals surface area contributed by atoms with Crippen LogP contribution in [-0.4, -0.2) is 0 Å². The molecule has 1 spiro atoms. The second-order valence-electron chi connectivity index (χ2n) is 14.4. The molecule has 3 aliphatic carbocycles. The summed E-state index contributed by atoms with van der Waals surface area (Å²) in [6.45, 7) is 2.01. The molecule has 53 heavy (non-hydrogen) atoms. The molecule has 0 radical (unpaired) electrons. The standard InChI is InChI=1S/C51H38N2/c1-2-13-33-26-24-32(28-49(33)53)25-27-48(52)40-20-7-5-16-36(40)42-31-47-50(41-21-8-6-17-37(41)42)43-29-34-14-3-4-15-35(34)30-46(43)51(47)44-22-11-9-18-38(44)39-19-10-12-23-45(39)51/h2-27,29-31H,28,52-53H2,1H3/b13-2-,32-25-,48-27-. The summed E-state index contributed by atoms with van der Waals surface area (Å²) in [5.41, 5.74) is 30.6. The first-order valence-corrected chi connectivity index (χ1v) is 18.4. The fourth-order valence-corrected chi connectivity index (χ4v) is 9.30. The van der Waals surface area contributed by atoms with Crippen LogP contribution in [0.25, 0.3) is 60.6 Å². The first kappa shape index (κ1) is 31.1. The van der Waals surface area contributed by atoms with Crippen LogP contribution in [0.5, 0.6) is 0 Å². The molecule has 2 heteroatoms. The lowest BCUT2D eigenvalue weighted by molar-refractivity contribution is 0.796. The normalized spacial score (nSPS) is 16.2. The molecular weight excluding hydrogens is 641 g/mol. The van der Waals surface area contributed by atoms with Crippen LogP contribution in [0, 0.1) is 0 Å². The molecule has 0 bridgehead atoms. The average Bonchev–Trinajstić information content (AvgIpc) is 3.66. The minimum atomic E-state index is -0.478. The van der Waals surface area contributed by atoms with Gasteiger partial charge in [0.15, 0.2) is 0 Å². The largest absolute Gasteiger partial charge is 0.401 e. The van der Waals surface area contributed by atoms with Crippen LogP contribution < -0.4 is 11.5 Å². The molecule has 252 valence electrons. The smallest absolute Gasteiger partial charge is 0.0726 e. The van der Waals surface area contributed by atoms with Crippen LogP contribution in [0.2, 0.25) is 0 Å². The van der Waals surface area contributed by atoms with Crippen molar-refractivity contribution >= 4 is 27.2 Å². The monoisotopic (exact) mass is 678 g/mol. The molecule has 4 N–H and O–H groups in total. The van der Waals surface area contributed by atoms with Gasteiger partial charge in [0.05, 0.1) is 5.41 Å². The second kappa shape index (κ2) is 12.0. The van der Waals surface area contributed by atoms with Gasteiger partial charge in [-0.05, 0) is 120 Å². The van der Waals surface area contributed by atoms with Gasteiger partial charge in [0.1, 0.15) is 0 Å². The van der Waals surface area contributed by atoms with E-state index in [1.54, 1.807) is 0 Å². The number of fused-ring (bicyclic) bond motifs is 13. The lowest BCUT2D eigenvalue weighted by atomic mass is 9.69. The maximum atomic E-state index is 7.02. The van der Waals surface area contributed by atoms with Crippen molar-refractivity contribution in [2.24, 2.45) is 11.5 Å². The fourth-order valence-electron chi connectivity index (χ4n) is 9.30. The van der Waals surface area contributed by atoms with Crippen LogP contribution in [-0.2, 0) is 5.41 Å². The highest BCUT2D eigenvalue weighted by molar-refractivity contribution is 6.13. The van der Waals surface area contributed by atoms with Crippen LogP contribution >= 0.6 is 0 Å². The predicted octanol–water partition coefficient (Wildman–Crippen LogP) is 12.0. The number of hydrogen-bond donors (Lipinski definition) is 2. The van der Waals surface area contributed by atoms with E-state index in [-0.39, 0.29) is 0 Å². The Balaban J connectivity index is 1.24. The minimum Gasteiger partial charge on any atom is -0.401 e. The first-order valence-electron chi connectivity index (χ1n) is 18.4. The van der Waals surface area contributed by atoms with E-state index >= 15 is 0 Å². The Morgan fingerprint density at radius 3 is 1.92 bits per heavy atom. The summed E-state index contributed by atoms with van der Waals surface area (Å²) in [6, 6.07) is 51.7. The van der Waals surface area contributed by atoms with E-state index in [9.17, 15) is 0 Å². The summed E-state index contributed by atoms with van der Waals surface area (Å²) in [4.78, 5) is 0. The summed E-state index contributed by atoms with van der Waals surface area (Å²) < 4.78 is 0. The molecule has 0 aliphatic heterocycles. The summed E-state index contributed by atoms with van der Waals surface area (Å²) in [7, 11) is 0. The summed E-state index contributed by atoms with van der Waals surface area (Å²) in [6.07, 6.45) is 13.1. The molecule has 0 fully saturated rings. The Labute approximate surface area is 310 Å². The average molecular weight is 679 g/mol. The lowest BCUT2D eigenvalue weighted by Crippen LogP contribution is -2.26. The number of hydrogen-bond acceptors (Lipinski definition) is 2. The van der Waals surface area contributed by atoms with Crippen molar-refractivity contribution in [1.29, 1.82) is 0 Å². The molecule has 2 nitrogen and oxygen atoms in total. The molecule has 0 aromatic heterocycles. The van der Waals surface area contributed by atoms with Crippen LogP contribution in [0.3, 0.4) is 0 Å². The van der Waals surface area contributed by atoms with E-state index in [0.29, 0.717) is 12.1 Å². The minimum absolute atomic E-state index is 0.478. The Hall–Kier alpha value is -6.64. The van der Waals surface area contributed by atoms with Gasteiger partial charge in [0, 0.05) is 23.4 Å². The number of rotatable bonds is 4. The molecule has 0 unspecified atom stereocenters. The quantitative estimate of drug-likeness (QED) is 0.195. The van der Waals surface area contributed by atoms with Gasteiger partial charge in [0.25, 0.3) is 0 Å². The van der Waals surface area contributed by atoms with Crippen molar-refractivity contribution in [2.45, 2.75) is 18.8 Å². The first-order chi connectivity index (χ1) is 26.1. The molecular formula is C51H38N2. The van der Waals surface area contributed by atoms with Crippen molar-refractivity contribution in [3.63, 3.8) is 0 Å². The van der Waals surface area contributed by atoms with Gasteiger partial charge >= 0.3 is 0 Å². The third kappa shape index (κ3) is 4.52. The highest BCUT2D eigenvalue weighted by Gasteiger charge is 2.52. The van der Waals surface area contributed by atoms with E-state index in [4.69, 9.17) is 11.5 Å². The van der Waals surface area contributed by atoms with Crippen LogP contribution in [0.4, 0.5) is 0 Å². The van der Waals surface area contributed by atoms with Gasteiger partial charge in [-0.3, -0.25) is 0 Å². The van der Waals surface area contributed by atoms with Crippen LogP contribution in [0.15, 0.2) is 193 Å². The summed E-state index contributed by atoms with van der Waals surface area (Å²) >= 11 is 0. The van der Waals surface area contributed by atoms with Gasteiger partial charge in [-0.2, -0.15) is 0 Å². The molecule has 7 aromatic rings. The Kier molecular flexibility index (Phi) is 7.03. The fraction of sp³-hybridized carbons (Fsp3) is 0.0588. The van der Waals surface area contributed by atoms with Crippen LogP contribution in [0.1, 0.15) is 41.2 Å². The van der Waals surface area contributed by atoms with E-state index in [0.717, 1.165) is 28.0 Å². The van der Waals surface area contributed by atoms with E-state index in [1.165, 1.54) is 71.6 Å². The van der Waals surface area contributed by atoms with E-state index in [2.05, 4.69) is 164 Å². The summed E-state index contributed by atoms with van der Waals surface area (Å²) in [5.74, 6) is 0. The maximum Gasteiger partial charge on any atom is 0.0726 e. The third-order valence-corrected chi connectivity index (χ3v) is 11.6. The predicted molar refractivity (Wildman–Crippen MR) is 223 cm³/mol. The topological polar surface area (TPSA) is 52.0 Å². The Morgan fingerprint density at radius 1 is 0.585 bits per heavy atom. The molecule has 7 aromatic carbocycles. The van der Waals surface area contributed by atoms with E-state index in [1.807, 2.05) is 19.1 Å². The highest BCUT2D eigenvalue weighted by atomic mass is 14.6. The van der Waals surface area contributed by atoms with Gasteiger partial charge in [0.2, 0.25) is 0 Å². The van der Waals surface area contributed by atoms with Crippen molar-refractivity contribution < 1.29 is 0 Å². The molecule has 0 heterocycles. The number of nitrogens with two attached hydrogens (primary N) is 2. The zero-order valence-electron chi connectivity index (χ0n) is 29.6. The van der Waals surface area contributed by atoms with Gasteiger partial charge < -0.3 is 11.5 Å². The number of allylic oxidation sites excluding steroid dienone is 8. The van der Waals surface area contributed by atoms with Gasteiger partial charge in [-0.15, -0.1) is 0 Å². The molecule has 0 atom stereocenters. The van der Waals surface area contributed by atoms with Crippen molar-refractivity contribution in [1.82, 2.24) is 0 Å².